The number of rotatable bonds is 19. The maximum absolute atomic E-state index is 12.9. The Morgan fingerprint density at radius 3 is 1.57 bits per heavy atom. The molecular weight excluding hydrogens is 1140 g/mol. The van der Waals surface area contributed by atoms with Crippen molar-refractivity contribution in [3.05, 3.63) is 11.6 Å². The van der Waals surface area contributed by atoms with Gasteiger partial charge in [0.25, 0.3) is 0 Å². The normalized spacial score (nSPS) is 52.8. The highest BCUT2D eigenvalue weighted by Crippen LogP contribution is 2.76. The van der Waals surface area contributed by atoms with E-state index >= 15 is 0 Å². The monoisotopic (exact) mass is 1240 g/mol. The minimum Gasteiger partial charge on any atom is -0.394 e. The van der Waals surface area contributed by atoms with Crippen LogP contribution in [0.3, 0.4) is 0 Å². The fourth-order valence-corrected chi connectivity index (χ4v) is 17.5. The van der Waals surface area contributed by atoms with Gasteiger partial charge in [0.1, 0.15) is 116 Å². The zero-order valence-electron chi connectivity index (χ0n) is 50.5. The van der Waals surface area contributed by atoms with Crippen LogP contribution in [0.4, 0.5) is 0 Å². The summed E-state index contributed by atoms with van der Waals surface area (Å²) in [6.07, 6.45) is -32.8. The van der Waals surface area contributed by atoms with E-state index in [1.165, 1.54) is 0 Å². The lowest BCUT2D eigenvalue weighted by Crippen LogP contribution is -2.68. The van der Waals surface area contributed by atoms with E-state index in [9.17, 15) is 86.8 Å². The molecule has 5 heterocycles. The molecule has 0 bridgehead atoms. The van der Waals surface area contributed by atoms with Gasteiger partial charge in [-0.25, -0.2) is 0 Å². The molecule has 5 aliphatic heterocycles. The van der Waals surface area contributed by atoms with Crippen LogP contribution in [-0.4, -0.2) is 285 Å². The summed E-state index contributed by atoms with van der Waals surface area (Å²) in [4.78, 5) is 0. The van der Waals surface area contributed by atoms with Crippen LogP contribution in [0, 0.1) is 45.3 Å². The van der Waals surface area contributed by atoms with Crippen molar-refractivity contribution in [1.29, 1.82) is 0 Å². The van der Waals surface area contributed by atoms with Gasteiger partial charge < -0.3 is 134 Å². The van der Waals surface area contributed by atoms with Crippen LogP contribution in [0.1, 0.15) is 113 Å². The first-order chi connectivity index (χ1) is 40.4. The number of hydrogen-bond acceptors (Lipinski definition) is 27. The molecule has 498 valence electrons. The van der Waals surface area contributed by atoms with Crippen LogP contribution < -0.4 is 0 Å². The number of hydrogen-bond donors (Lipinski definition) is 17. The van der Waals surface area contributed by atoms with Crippen molar-refractivity contribution in [2.45, 2.75) is 278 Å². The highest BCUT2D eigenvalue weighted by molar-refractivity contribution is 5.21. The van der Waals surface area contributed by atoms with Crippen LogP contribution in [0.5, 0.6) is 0 Å². The summed E-state index contributed by atoms with van der Waals surface area (Å²) >= 11 is 0. The Balaban J connectivity index is 0.910. The maximum atomic E-state index is 12.9. The van der Waals surface area contributed by atoms with Crippen molar-refractivity contribution in [2.24, 2.45) is 45.3 Å². The van der Waals surface area contributed by atoms with E-state index in [-0.39, 0.29) is 34.5 Å². The predicted octanol–water partition coefficient (Wildman–Crippen LogP) is -3.74. The first-order valence-corrected chi connectivity index (χ1v) is 30.8. The van der Waals surface area contributed by atoms with Crippen LogP contribution in [0.15, 0.2) is 11.6 Å². The van der Waals surface area contributed by atoms with Gasteiger partial charge in [0.2, 0.25) is 0 Å². The highest BCUT2D eigenvalue weighted by atomic mass is 16.8. The average molecular weight is 1240 g/mol. The third-order valence-corrected chi connectivity index (χ3v) is 22.7. The Morgan fingerprint density at radius 1 is 0.488 bits per heavy atom. The summed E-state index contributed by atoms with van der Waals surface area (Å²) in [5, 5.41) is 185. The van der Waals surface area contributed by atoms with E-state index in [1.54, 1.807) is 0 Å². The van der Waals surface area contributed by atoms with Gasteiger partial charge in [0, 0.05) is 0 Å². The minimum absolute atomic E-state index is 0.000881. The van der Waals surface area contributed by atoms with Gasteiger partial charge in [0.05, 0.1) is 50.8 Å². The lowest BCUT2D eigenvalue weighted by molar-refractivity contribution is -0.390. The molecule has 0 spiro atoms. The minimum atomic E-state index is -2.00. The summed E-state index contributed by atoms with van der Waals surface area (Å²) in [7, 11) is 0. The molecule has 0 aromatic rings. The van der Waals surface area contributed by atoms with E-state index in [1.807, 2.05) is 20.8 Å². The van der Waals surface area contributed by atoms with E-state index in [4.69, 9.17) is 47.4 Å². The van der Waals surface area contributed by atoms with E-state index < -0.39 is 209 Å². The number of allylic oxidation sites excluding steroid dienone is 2. The fraction of sp³-hybridized carbons (Fsp3) is 0.966. The first-order valence-electron chi connectivity index (χ1n) is 30.8. The molecule has 4 saturated carbocycles. The van der Waals surface area contributed by atoms with Crippen molar-refractivity contribution in [2.75, 3.05) is 33.0 Å². The second kappa shape index (κ2) is 26.6. The Hall–Kier alpha value is -1.34. The lowest BCUT2D eigenvalue weighted by atomic mass is 9.35. The van der Waals surface area contributed by atoms with E-state index in [0.717, 1.165) is 24.8 Å². The molecule has 27 nitrogen and oxygen atoms in total. The summed E-state index contributed by atoms with van der Waals surface area (Å²) in [5.41, 5.74) is -1.76. The Labute approximate surface area is 501 Å². The van der Waals surface area contributed by atoms with Crippen LogP contribution in [0.2, 0.25) is 0 Å². The molecule has 4 aliphatic carbocycles. The molecule has 5 saturated heterocycles. The topological polar surface area (TPSA) is 436 Å². The molecule has 9 fully saturated rings. The van der Waals surface area contributed by atoms with Gasteiger partial charge in [-0.2, -0.15) is 0 Å². The largest absolute Gasteiger partial charge is 0.394 e. The Morgan fingerprint density at radius 2 is 0.965 bits per heavy atom. The summed E-state index contributed by atoms with van der Waals surface area (Å²) in [6, 6.07) is 0. The van der Waals surface area contributed by atoms with E-state index in [2.05, 4.69) is 40.7 Å². The van der Waals surface area contributed by atoms with Crippen molar-refractivity contribution in [1.82, 2.24) is 0 Å². The molecule has 0 radical (unpaired) electrons. The number of ether oxygens (including phenoxy) is 10. The zero-order chi connectivity index (χ0) is 63.1. The molecule has 0 amide bonds. The first kappa shape index (κ1) is 69.0. The van der Waals surface area contributed by atoms with Crippen molar-refractivity contribution in [3.8, 4) is 0 Å². The molecule has 9 rings (SSSR count). The molecule has 86 heavy (non-hydrogen) atoms. The molecule has 9 aliphatic rings. The number of aliphatic hydroxyl groups is 17. The standard InChI is InChI=1S/C59H100O27/c1-24(2)10-9-14-59(8,86-53-46(75)41(70)39(68)31(82-53)23-77-50-44(73)38(67)29(21-62)78-50)25-11-16-58(7)35(25)26(64)18-33-56(5)15-13-34(55(3,4)32(56)12-17-57(33,58)6)83-54-49(42(71)37(66)28(20-61)80-54)85-52-47(76)43(72)48(30(22-63)81-52)84-51-45(74)40(69)36(65)27(19-60)79-51/h10,25-54,60-76H,9,11-23H2,1-8H3/t25-,26+,27+,28+,29-,30+,31+,32-,33+,34-,35-,36+,37+,38-,39+,40-,41-,42-,43+,44+,45+,46+,47+,48+,49+,50+,51+,52-,53-,54-,56-,57+,58+,59-/m0/s1. The number of aliphatic hydroxyl groups excluding tert-OH is 17. The predicted molar refractivity (Wildman–Crippen MR) is 293 cm³/mol. The zero-order valence-corrected chi connectivity index (χ0v) is 50.5. The molecular formula is C59H100O27. The third kappa shape index (κ3) is 12.2. The summed E-state index contributed by atoms with van der Waals surface area (Å²) in [5.74, 6) is -0.588. The van der Waals surface area contributed by atoms with E-state index in [0.29, 0.717) is 38.5 Å². The molecule has 0 unspecified atom stereocenters. The van der Waals surface area contributed by atoms with Crippen LogP contribution >= 0.6 is 0 Å². The molecule has 27 heteroatoms. The van der Waals surface area contributed by atoms with Crippen molar-refractivity contribution < 1.29 is 134 Å². The molecule has 34 atom stereocenters. The smallest absolute Gasteiger partial charge is 0.187 e. The van der Waals surface area contributed by atoms with Gasteiger partial charge in [-0.1, -0.05) is 46.3 Å². The van der Waals surface area contributed by atoms with Gasteiger partial charge in [0.15, 0.2) is 31.5 Å². The third-order valence-electron chi connectivity index (χ3n) is 22.7. The lowest BCUT2D eigenvalue weighted by Gasteiger charge is -2.71. The summed E-state index contributed by atoms with van der Waals surface area (Å²) < 4.78 is 60.6. The molecule has 0 aromatic carbocycles. The fourth-order valence-electron chi connectivity index (χ4n) is 17.5. The molecule has 17 N–H and O–H groups in total. The van der Waals surface area contributed by atoms with Gasteiger partial charge in [-0.15, -0.1) is 0 Å². The molecule has 0 aromatic heterocycles. The van der Waals surface area contributed by atoms with Gasteiger partial charge in [-0.3, -0.25) is 0 Å². The quantitative estimate of drug-likeness (QED) is 0.0436. The second-order valence-electron chi connectivity index (χ2n) is 28.1. The highest BCUT2D eigenvalue weighted by Gasteiger charge is 2.72. The van der Waals surface area contributed by atoms with Gasteiger partial charge >= 0.3 is 0 Å². The maximum Gasteiger partial charge on any atom is 0.187 e. The Bertz CT molecular complexity index is 2260. The summed E-state index contributed by atoms with van der Waals surface area (Å²) in [6.45, 7) is 13.7. The SMILES string of the molecule is CC(C)=CCC[C@](C)(O[C@@H]1O[C@H](CO[C@@H]2O[C@@H](CO)[C@H](O)[C@H]2O)[C@@H](O)[C@H](O)[C@H]1O)[C@H]1CC[C@]2(C)[C@@H]1[C@H](O)C[C@@H]1[C@@]3(C)CC[C@H](O[C@@H]4O[C@H](CO)[C@@H](O)[C@H](O)[C@H]4O[C@@H]4O[C@H](CO)[C@@H](O[C@H]5O[C@H](CO)[C@@H](O)[C@H](O)[C@H]5O)[C@H](O)[C@H]4O)C(C)(C)[C@@H]3CC[C@]12C. The van der Waals surface area contributed by atoms with Crippen molar-refractivity contribution >= 4 is 0 Å². The average Bonchev–Trinajstić information content (AvgIpc) is 1.20. The van der Waals surface area contributed by atoms with Crippen molar-refractivity contribution in [3.63, 3.8) is 0 Å². The van der Waals surface area contributed by atoms with Crippen LogP contribution in [-0.2, 0) is 47.4 Å². The van der Waals surface area contributed by atoms with Gasteiger partial charge in [-0.05, 0) is 124 Å². The number of fused-ring (bicyclic) bond motifs is 5. The van der Waals surface area contributed by atoms with Crippen LogP contribution in [0.25, 0.3) is 0 Å². The second-order valence-corrected chi connectivity index (χ2v) is 28.1. The Kier molecular flexibility index (Phi) is 21.3.